The summed E-state index contributed by atoms with van der Waals surface area (Å²) in [6.45, 7) is 9.39. The summed E-state index contributed by atoms with van der Waals surface area (Å²) >= 11 is 0. The number of aromatic nitrogens is 1. The smallest absolute Gasteiger partial charge is 0.237 e. The molecule has 1 N–H and O–H groups in total. The van der Waals surface area contributed by atoms with E-state index in [1.54, 1.807) is 6.20 Å². The zero-order chi connectivity index (χ0) is 12.0. The first kappa shape index (κ1) is 12.8. The van der Waals surface area contributed by atoms with Crippen LogP contribution in [0.25, 0.3) is 0 Å². The van der Waals surface area contributed by atoms with Crippen LogP contribution < -0.4 is 10.1 Å². The summed E-state index contributed by atoms with van der Waals surface area (Å²) in [5, 5.41) is 3.38. The topological polar surface area (TPSA) is 34.2 Å². The van der Waals surface area contributed by atoms with Crippen LogP contribution in [-0.2, 0) is 0 Å². The molecule has 3 nitrogen and oxygen atoms in total. The molecule has 1 heterocycles. The zero-order valence-corrected chi connectivity index (χ0v) is 10.7. The number of nitrogens with zero attached hydrogens (tertiary/aromatic N) is 1. The Kier molecular flexibility index (Phi) is 5.09. The number of ether oxygens (including phenoxy) is 1. The van der Waals surface area contributed by atoms with Gasteiger partial charge < -0.3 is 10.1 Å². The second-order valence-corrected chi connectivity index (χ2v) is 4.42. The number of nitrogens with one attached hydrogen (secondary N) is 1. The number of hydrogen-bond donors (Lipinski definition) is 1. The molecule has 0 radical (unpaired) electrons. The fraction of sp³-hybridized carbons (Fsp3) is 0.615. The lowest BCUT2D eigenvalue weighted by Crippen LogP contribution is -2.13. The van der Waals surface area contributed by atoms with E-state index in [-0.39, 0.29) is 6.10 Å². The molecular formula is C13H22N2O. The van der Waals surface area contributed by atoms with Crippen molar-refractivity contribution >= 4 is 5.69 Å². The molecule has 0 spiro atoms. The van der Waals surface area contributed by atoms with Crippen molar-refractivity contribution in [3.05, 3.63) is 18.3 Å². The summed E-state index contributed by atoms with van der Waals surface area (Å²) in [6, 6.07) is 3.93. The van der Waals surface area contributed by atoms with Crippen LogP contribution >= 0.6 is 0 Å². The van der Waals surface area contributed by atoms with Gasteiger partial charge in [0.05, 0.1) is 11.8 Å². The summed E-state index contributed by atoms with van der Waals surface area (Å²) < 4.78 is 5.64. The van der Waals surface area contributed by atoms with E-state index in [4.69, 9.17) is 4.74 Å². The monoisotopic (exact) mass is 222 g/mol. The van der Waals surface area contributed by atoms with Crippen molar-refractivity contribution in [2.24, 2.45) is 5.92 Å². The molecule has 0 aliphatic heterocycles. The Morgan fingerprint density at radius 2 is 2.12 bits per heavy atom. The highest BCUT2D eigenvalue weighted by Crippen LogP contribution is 2.22. The van der Waals surface area contributed by atoms with Crippen molar-refractivity contribution in [1.29, 1.82) is 0 Å². The maximum Gasteiger partial charge on any atom is 0.237 e. The van der Waals surface area contributed by atoms with Crippen molar-refractivity contribution in [3.8, 4) is 5.88 Å². The van der Waals surface area contributed by atoms with E-state index in [0.29, 0.717) is 11.8 Å². The van der Waals surface area contributed by atoms with Gasteiger partial charge in [0.25, 0.3) is 0 Å². The van der Waals surface area contributed by atoms with Crippen LogP contribution in [0.5, 0.6) is 5.88 Å². The van der Waals surface area contributed by atoms with Crippen LogP contribution in [0.15, 0.2) is 18.3 Å². The predicted octanol–water partition coefficient (Wildman–Crippen LogP) is 3.33. The van der Waals surface area contributed by atoms with Gasteiger partial charge in [0.2, 0.25) is 5.88 Å². The molecule has 1 atom stereocenters. The third-order valence-corrected chi connectivity index (χ3v) is 2.46. The molecule has 0 saturated carbocycles. The van der Waals surface area contributed by atoms with E-state index in [2.05, 4.69) is 24.1 Å². The van der Waals surface area contributed by atoms with Crippen molar-refractivity contribution in [2.45, 2.75) is 40.2 Å². The lowest BCUT2D eigenvalue weighted by molar-refractivity contribution is 0.234. The van der Waals surface area contributed by atoms with E-state index < -0.39 is 0 Å². The van der Waals surface area contributed by atoms with Crippen LogP contribution in [-0.4, -0.2) is 17.6 Å². The highest BCUT2D eigenvalue weighted by atomic mass is 16.5. The third kappa shape index (κ3) is 4.09. The summed E-state index contributed by atoms with van der Waals surface area (Å²) in [5.74, 6) is 1.35. The summed E-state index contributed by atoms with van der Waals surface area (Å²) in [5.41, 5.74) is 0.983. The number of pyridine rings is 1. The van der Waals surface area contributed by atoms with Gasteiger partial charge in [-0.25, -0.2) is 4.98 Å². The summed E-state index contributed by atoms with van der Waals surface area (Å²) in [6.07, 6.45) is 3.08. The summed E-state index contributed by atoms with van der Waals surface area (Å²) in [4.78, 5) is 4.24. The highest BCUT2D eigenvalue weighted by Gasteiger charge is 2.07. The molecule has 1 aromatic heterocycles. The Morgan fingerprint density at radius 1 is 1.38 bits per heavy atom. The molecule has 3 heteroatoms. The van der Waals surface area contributed by atoms with Gasteiger partial charge in [0.15, 0.2) is 0 Å². The van der Waals surface area contributed by atoms with E-state index in [1.807, 2.05) is 26.0 Å². The quantitative estimate of drug-likeness (QED) is 0.801. The first-order valence-electron chi connectivity index (χ1n) is 5.99. The molecule has 0 aliphatic rings. The minimum absolute atomic E-state index is 0.152. The molecule has 0 bridgehead atoms. The normalized spacial score (nSPS) is 12.6. The van der Waals surface area contributed by atoms with Gasteiger partial charge in [-0.2, -0.15) is 0 Å². The van der Waals surface area contributed by atoms with Crippen molar-refractivity contribution in [1.82, 2.24) is 4.98 Å². The Morgan fingerprint density at radius 3 is 2.75 bits per heavy atom. The largest absolute Gasteiger partial charge is 0.473 e. The zero-order valence-electron chi connectivity index (χ0n) is 10.7. The van der Waals surface area contributed by atoms with Gasteiger partial charge in [0, 0.05) is 12.7 Å². The third-order valence-electron chi connectivity index (χ3n) is 2.46. The highest BCUT2D eigenvalue weighted by molar-refractivity contribution is 5.52. The Hall–Kier alpha value is -1.25. The lowest BCUT2D eigenvalue weighted by atomic mass is 10.1. The SMILES string of the molecule is CCC(C)CNc1cccnc1OC(C)C. The summed E-state index contributed by atoms with van der Waals surface area (Å²) in [7, 11) is 0. The van der Waals surface area contributed by atoms with Crippen LogP contribution in [0.2, 0.25) is 0 Å². The molecule has 16 heavy (non-hydrogen) atoms. The molecule has 90 valence electrons. The number of rotatable bonds is 6. The second kappa shape index (κ2) is 6.36. The molecule has 0 amide bonds. The van der Waals surface area contributed by atoms with E-state index in [9.17, 15) is 0 Å². The number of hydrogen-bond acceptors (Lipinski definition) is 3. The lowest BCUT2D eigenvalue weighted by Gasteiger charge is -2.16. The average molecular weight is 222 g/mol. The minimum atomic E-state index is 0.152. The first-order chi connectivity index (χ1) is 7.63. The van der Waals surface area contributed by atoms with Crippen LogP contribution in [0.4, 0.5) is 5.69 Å². The Bertz CT molecular complexity index is 313. The molecule has 1 unspecified atom stereocenters. The van der Waals surface area contributed by atoms with Crippen molar-refractivity contribution < 1.29 is 4.74 Å². The first-order valence-corrected chi connectivity index (χ1v) is 5.99. The van der Waals surface area contributed by atoms with Crippen molar-refractivity contribution in [2.75, 3.05) is 11.9 Å². The Labute approximate surface area is 98.2 Å². The Balaban J connectivity index is 2.63. The fourth-order valence-electron chi connectivity index (χ4n) is 1.27. The molecule has 1 rings (SSSR count). The van der Waals surface area contributed by atoms with Crippen molar-refractivity contribution in [3.63, 3.8) is 0 Å². The minimum Gasteiger partial charge on any atom is -0.473 e. The van der Waals surface area contributed by atoms with E-state index in [0.717, 1.165) is 12.2 Å². The van der Waals surface area contributed by atoms with Gasteiger partial charge in [-0.1, -0.05) is 20.3 Å². The van der Waals surface area contributed by atoms with Crippen LogP contribution in [0.3, 0.4) is 0 Å². The predicted molar refractivity (Wildman–Crippen MR) is 67.9 cm³/mol. The van der Waals surface area contributed by atoms with Crippen LogP contribution in [0.1, 0.15) is 34.1 Å². The second-order valence-electron chi connectivity index (χ2n) is 4.42. The number of anilines is 1. The van der Waals surface area contributed by atoms with E-state index in [1.165, 1.54) is 6.42 Å². The molecule has 0 fully saturated rings. The maximum absolute atomic E-state index is 5.64. The van der Waals surface area contributed by atoms with Gasteiger partial charge in [-0.15, -0.1) is 0 Å². The van der Waals surface area contributed by atoms with Gasteiger partial charge in [0.1, 0.15) is 0 Å². The molecule has 1 aromatic rings. The average Bonchev–Trinajstić information content (AvgIpc) is 2.26. The van der Waals surface area contributed by atoms with Gasteiger partial charge >= 0.3 is 0 Å². The molecule has 0 aromatic carbocycles. The van der Waals surface area contributed by atoms with E-state index >= 15 is 0 Å². The van der Waals surface area contributed by atoms with Crippen LogP contribution in [0, 0.1) is 5.92 Å². The van der Waals surface area contributed by atoms with Gasteiger partial charge in [-0.05, 0) is 31.9 Å². The standard InChI is InChI=1S/C13H22N2O/c1-5-11(4)9-15-12-7-6-8-14-13(12)16-10(2)3/h6-8,10-11,15H,5,9H2,1-4H3. The molecular weight excluding hydrogens is 200 g/mol. The molecule has 0 aliphatic carbocycles. The molecule has 0 saturated heterocycles. The van der Waals surface area contributed by atoms with Gasteiger partial charge in [-0.3, -0.25) is 0 Å². The fourth-order valence-corrected chi connectivity index (χ4v) is 1.27. The maximum atomic E-state index is 5.64.